The molecule has 0 heterocycles. The highest BCUT2D eigenvalue weighted by Crippen LogP contribution is 2.32. The second-order valence-corrected chi connectivity index (χ2v) is 5.42. The number of carboxylic acids is 1. The molecule has 0 aliphatic heterocycles. The molecular formula is C12H21N3O4. The first-order chi connectivity index (χ1) is 8.77. The van der Waals surface area contributed by atoms with E-state index >= 15 is 0 Å². The molecule has 7 heteroatoms. The summed E-state index contributed by atoms with van der Waals surface area (Å²) in [6, 6.07) is -1.59. The molecule has 0 aromatic carbocycles. The van der Waals surface area contributed by atoms with Crippen LogP contribution in [-0.4, -0.2) is 34.6 Å². The number of hydrogen-bond acceptors (Lipinski definition) is 3. The van der Waals surface area contributed by atoms with Crippen LogP contribution in [0, 0.1) is 5.92 Å². The van der Waals surface area contributed by atoms with Crippen molar-refractivity contribution in [2.45, 2.75) is 51.1 Å². The first kappa shape index (κ1) is 15.3. The monoisotopic (exact) mass is 271 g/mol. The molecule has 19 heavy (non-hydrogen) atoms. The number of primary amides is 1. The van der Waals surface area contributed by atoms with Crippen LogP contribution >= 0.6 is 0 Å². The molecule has 1 saturated carbocycles. The van der Waals surface area contributed by atoms with E-state index in [-0.39, 0.29) is 5.92 Å². The van der Waals surface area contributed by atoms with E-state index < -0.39 is 29.5 Å². The number of nitrogens with one attached hydrogen (secondary N) is 2. The standard InChI is InChI=1S/C12H21N3O4/c1-7(2)6-8(14-11(13)19)9(16)15-12(10(17)18)4-3-5-12/h7-8H,3-6H2,1-2H3,(H,15,16)(H,17,18)(H3,13,14,19). The summed E-state index contributed by atoms with van der Waals surface area (Å²) in [7, 11) is 0. The molecule has 108 valence electrons. The SMILES string of the molecule is CC(C)CC(NC(N)=O)C(=O)NC1(C(=O)O)CCC1. The Labute approximate surface area is 111 Å². The highest BCUT2D eigenvalue weighted by molar-refractivity contribution is 5.92. The zero-order valence-corrected chi connectivity index (χ0v) is 11.2. The second kappa shape index (κ2) is 5.90. The van der Waals surface area contributed by atoms with Crippen molar-refractivity contribution in [1.82, 2.24) is 10.6 Å². The molecular weight excluding hydrogens is 250 g/mol. The van der Waals surface area contributed by atoms with E-state index in [9.17, 15) is 14.4 Å². The van der Waals surface area contributed by atoms with Crippen molar-refractivity contribution in [3.63, 3.8) is 0 Å². The average Bonchev–Trinajstić information content (AvgIpc) is 2.20. The predicted molar refractivity (Wildman–Crippen MR) is 68.3 cm³/mol. The number of amides is 3. The van der Waals surface area contributed by atoms with Gasteiger partial charge in [-0.2, -0.15) is 0 Å². The lowest BCUT2D eigenvalue weighted by molar-refractivity contribution is -0.152. The fraction of sp³-hybridized carbons (Fsp3) is 0.750. The van der Waals surface area contributed by atoms with Crippen molar-refractivity contribution in [3.05, 3.63) is 0 Å². The Morgan fingerprint density at radius 2 is 1.89 bits per heavy atom. The summed E-state index contributed by atoms with van der Waals surface area (Å²) in [6.07, 6.45) is 2.01. The van der Waals surface area contributed by atoms with Gasteiger partial charge in [0.2, 0.25) is 5.91 Å². The van der Waals surface area contributed by atoms with Crippen LogP contribution in [0.15, 0.2) is 0 Å². The molecule has 3 amide bonds. The number of hydrogen-bond donors (Lipinski definition) is 4. The van der Waals surface area contributed by atoms with E-state index in [0.29, 0.717) is 19.3 Å². The Hall–Kier alpha value is -1.79. The lowest BCUT2D eigenvalue weighted by atomic mass is 9.76. The van der Waals surface area contributed by atoms with Crippen LogP contribution in [0.4, 0.5) is 4.79 Å². The van der Waals surface area contributed by atoms with Gasteiger partial charge in [0.1, 0.15) is 11.6 Å². The summed E-state index contributed by atoms with van der Waals surface area (Å²) >= 11 is 0. The van der Waals surface area contributed by atoms with Crippen LogP contribution in [0.3, 0.4) is 0 Å². The number of carbonyl (C=O) groups is 3. The molecule has 0 aromatic rings. The largest absolute Gasteiger partial charge is 0.480 e. The Morgan fingerprint density at radius 1 is 1.32 bits per heavy atom. The molecule has 1 rings (SSSR count). The predicted octanol–water partition coefficient (Wildman–Crippen LogP) is 0.193. The van der Waals surface area contributed by atoms with Crippen molar-refractivity contribution in [2.75, 3.05) is 0 Å². The molecule has 0 saturated heterocycles. The van der Waals surface area contributed by atoms with Gasteiger partial charge >= 0.3 is 12.0 Å². The fourth-order valence-electron chi connectivity index (χ4n) is 2.12. The van der Waals surface area contributed by atoms with Gasteiger partial charge in [0.05, 0.1) is 0 Å². The summed E-state index contributed by atoms with van der Waals surface area (Å²) in [5.41, 5.74) is 3.86. The zero-order chi connectivity index (χ0) is 14.6. The zero-order valence-electron chi connectivity index (χ0n) is 11.2. The van der Waals surface area contributed by atoms with Gasteiger partial charge in [-0.25, -0.2) is 9.59 Å². The second-order valence-electron chi connectivity index (χ2n) is 5.42. The highest BCUT2D eigenvalue weighted by Gasteiger charge is 2.46. The number of carboxylic acid groups (broad SMARTS) is 1. The summed E-state index contributed by atoms with van der Waals surface area (Å²) in [5.74, 6) is -1.35. The number of carbonyl (C=O) groups excluding carboxylic acids is 2. The minimum absolute atomic E-state index is 0.171. The van der Waals surface area contributed by atoms with Crippen LogP contribution < -0.4 is 16.4 Å². The van der Waals surface area contributed by atoms with E-state index in [1.165, 1.54) is 0 Å². The van der Waals surface area contributed by atoms with E-state index in [2.05, 4.69) is 10.6 Å². The quantitative estimate of drug-likeness (QED) is 0.551. The Bertz CT molecular complexity index is 377. The summed E-state index contributed by atoms with van der Waals surface area (Å²) in [5, 5.41) is 14.0. The number of rotatable bonds is 6. The first-order valence-electron chi connectivity index (χ1n) is 6.38. The Morgan fingerprint density at radius 3 is 2.21 bits per heavy atom. The van der Waals surface area contributed by atoms with Gasteiger partial charge in [-0.3, -0.25) is 4.79 Å². The molecule has 7 nitrogen and oxygen atoms in total. The number of nitrogens with two attached hydrogens (primary N) is 1. The Kier molecular flexibility index (Phi) is 4.74. The van der Waals surface area contributed by atoms with Crippen molar-refractivity contribution < 1.29 is 19.5 Å². The van der Waals surface area contributed by atoms with Gasteiger partial charge in [-0.1, -0.05) is 13.8 Å². The molecule has 5 N–H and O–H groups in total. The molecule has 0 aromatic heterocycles. The lowest BCUT2D eigenvalue weighted by Gasteiger charge is -2.39. The van der Waals surface area contributed by atoms with E-state index in [4.69, 9.17) is 10.8 Å². The maximum atomic E-state index is 12.1. The summed E-state index contributed by atoms with van der Waals surface area (Å²) in [6.45, 7) is 3.80. The van der Waals surface area contributed by atoms with Crippen LogP contribution in [-0.2, 0) is 9.59 Å². The van der Waals surface area contributed by atoms with E-state index in [1.54, 1.807) is 0 Å². The normalized spacial score (nSPS) is 18.3. The maximum absolute atomic E-state index is 12.1. The molecule has 1 aliphatic rings. The smallest absolute Gasteiger partial charge is 0.329 e. The van der Waals surface area contributed by atoms with Crippen molar-refractivity contribution >= 4 is 17.9 Å². The highest BCUT2D eigenvalue weighted by atomic mass is 16.4. The van der Waals surface area contributed by atoms with Crippen molar-refractivity contribution in [2.24, 2.45) is 11.7 Å². The van der Waals surface area contributed by atoms with Crippen molar-refractivity contribution in [3.8, 4) is 0 Å². The van der Waals surface area contributed by atoms with Crippen LogP contribution in [0.2, 0.25) is 0 Å². The van der Waals surface area contributed by atoms with Crippen LogP contribution in [0.5, 0.6) is 0 Å². The first-order valence-corrected chi connectivity index (χ1v) is 6.38. The van der Waals surface area contributed by atoms with Gasteiger partial charge in [0.15, 0.2) is 0 Å². The van der Waals surface area contributed by atoms with Gasteiger partial charge in [0.25, 0.3) is 0 Å². The van der Waals surface area contributed by atoms with Gasteiger partial charge in [-0.05, 0) is 31.6 Å². The molecule has 1 aliphatic carbocycles. The number of aliphatic carboxylic acids is 1. The third-order valence-corrected chi connectivity index (χ3v) is 3.32. The Balaban J connectivity index is 2.70. The average molecular weight is 271 g/mol. The van der Waals surface area contributed by atoms with Crippen LogP contribution in [0.1, 0.15) is 39.5 Å². The van der Waals surface area contributed by atoms with Gasteiger partial charge in [-0.15, -0.1) is 0 Å². The summed E-state index contributed by atoms with van der Waals surface area (Å²) in [4.78, 5) is 34.2. The number of urea groups is 1. The minimum atomic E-state index is -1.17. The molecule has 1 fully saturated rings. The van der Waals surface area contributed by atoms with E-state index in [0.717, 1.165) is 6.42 Å². The molecule has 1 atom stereocenters. The van der Waals surface area contributed by atoms with Crippen LogP contribution in [0.25, 0.3) is 0 Å². The fourth-order valence-corrected chi connectivity index (χ4v) is 2.12. The van der Waals surface area contributed by atoms with Gasteiger partial charge < -0.3 is 21.5 Å². The molecule has 0 bridgehead atoms. The maximum Gasteiger partial charge on any atom is 0.329 e. The third kappa shape index (κ3) is 3.84. The third-order valence-electron chi connectivity index (χ3n) is 3.32. The topological polar surface area (TPSA) is 122 Å². The van der Waals surface area contributed by atoms with Crippen molar-refractivity contribution in [1.29, 1.82) is 0 Å². The lowest BCUT2D eigenvalue weighted by Crippen LogP contribution is -2.63. The molecule has 0 radical (unpaired) electrons. The van der Waals surface area contributed by atoms with Gasteiger partial charge in [0, 0.05) is 0 Å². The minimum Gasteiger partial charge on any atom is -0.480 e. The summed E-state index contributed by atoms with van der Waals surface area (Å²) < 4.78 is 0. The van der Waals surface area contributed by atoms with E-state index in [1.807, 2.05) is 13.8 Å². The molecule has 0 spiro atoms. The molecule has 1 unspecified atom stereocenters.